The van der Waals surface area contributed by atoms with Crippen molar-refractivity contribution in [1.29, 1.82) is 0 Å². The van der Waals surface area contributed by atoms with E-state index in [9.17, 15) is 0 Å². The second-order valence-electron chi connectivity index (χ2n) is 5.76. The molecule has 0 aliphatic heterocycles. The Balaban J connectivity index is 1.82. The van der Waals surface area contributed by atoms with E-state index in [-0.39, 0.29) is 0 Å². The summed E-state index contributed by atoms with van der Waals surface area (Å²) in [5.41, 5.74) is 6.09. The summed E-state index contributed by atoms with van der Waals surface area (Å²) in [6.07, 6.45) is 0. The molecule has 3 aromatic carbocycles. The lowest BCUT2D eigenvalue weighted by molar-refractivity contribution is 0.787. The molecule has 0 N–H and O–H groups in total. The van der Waals surface area contributed by atoms with Crippen LogP contribution in [0.25, 0.3) is 22.2 Å². The van der Waals surface area contributed by atoms with Crippen molar-refractivity contribution in [3.63, 3.8) is 0 Å². The maximum Gasteiger partial charge on any atom is 0.107 e. The first-order valence-corrected chi connectivity index (χ1v) is 7.88. The molecule has 0 radical (unpaired) electrons. The van der Waals surface area contributed by atoms with Crippen LogP contribution in [-0.4, -0.2) is 9.55 Å². The minimum absolute atomic E-state index is 0.831. The number of fused-ring (bicyclic) bond motifs is 1. The zero-order valence-corrected chi connectivity index (χ0v) is 13.1. The van der Waals surface area contributed by atoms with Gasteiger partial charge in [0.1, 0.15) is 5.82 Å². The second-order valence-corrected chi connectivity index (χ2v) is 5.76. The normalized spacial score (nSPS) is 11.0. The summed E-state index contributed by atoms with van der Waals surface area (Å²) in [5.74, 6) is 1.05. The second kappa shape index (κ2) is 5.73. The number of aryl methyl sites for hydroxylation is 1. The lowest BCUT2D eigenvalue weighted by Crippen LogP contribution is -2.03. The zero-order chi connectivity index (χ0) is 15.6. The smallest absolute Gasteiger partial charge is 0.107 e. The molecular formula is C21H18N2. The van der Waals surface area contributed by atoms with Crippen molar-refractivity contribution in [2.75, 3.05) is 0 Å². The quantitative estimate of drug-likeness (QED) is 0.517. The molecule has 0 spiro atoms. The van der Waals surface area contributed by atoms with E-state index in [1.807, 2.05) is 6.07 Å². The van der Waals surface area contributed by atoms with Crippen LogP contribution in [0.5, 0.6) is 0 Å². The largest absolute Gasteiger partial charge is 0.324 e. The molecule has 112 valence electrons. The number of rotatable bonds is 3. The Hall–Kier alpha value is -2.87. The lowest BCUT2D eigenvalue weighted by Gasteiger charge is -2.12. The SMILES string of the molecule is Cc1nc2ccccc2n1Cc1ccccc1-c1ccccc1. The van der Waals surface area contributed by atoms with Crippen LogP contribution in [0.1, 0.15) is 11.4 Å². The molecule has 0 atom stereocenters. The Morgan fingerprint density at radius 1 is 0.783 bits per heavy atom. The third-order valence-corrected chi connectivity index (χ3v) is 4.28. The van der Waals surface area contributed by atoms with E-state index in [1.54, 1.807) is 0 Å². The van der Waals surface area contributed by atoms with Gasteiger partial charge in [0, 0.05) is 6.54 Å². The first kappa shape index (κ1) is 13.8. The van der Waals surface area contributed by atoms with Crippen molar-refractivity contribution in [3.8, 4) is 11.1 Å². The van der Waals surface area contributed by atoms with Gasteiger partial charge in [-0.3, -0.25) is 0 Å². The summed E-state index contributed by atoms with van der Waals surface area (Å²) in [6.45, 7) is 2.91. The van der Waals surface area contributed by atoms with Crippen molar-refractivity contribution >= 4 is 11.0 Å². The van der Waals surface area contributed by atoms with Gasteiger partial charge in [0.05, 0.1) is 11.0 Å². The van der Waals surface area contributed by atoms with E-state index >= 15 is 0 Å². The van der Waals surface area contributed by atoms with Gasteiger partial charge in [0.25, 0.3) is 0 Å². The van der Waals surface area contributed by atoms with Gasteiger partial charge in [-0.25, -0.2) is 4.98 Å². The van der Waals surface area contributed by atoms with Gasteiger partial charge in [0.15, 0.2) is 0 Å². The van der Waals surface area contributed by atoms with Crippen LogP contribution in [0.15, 0.2) is 78.9 Å². The highest BCUT2D eigenvalue weighted by molar-refractivity contribution is 5.76. The number of nitrogens with zero attached hydrogens (tertiary/aromatic N) is 2. The topological polar surface area (TPSA) is 17.8 Å². The van der Waals surface area contributed by atoms with Gasteiger partial charge in [-0.1, -0.05) is 66.7 Å². The summed E-state index contributed by atoms with van der Waals surface area (Å²) in [5, 5.41) is 0. The molecule has 0 saturated carbocycles. The highest BCUT2D eigenvalue weighted by Crippen LogP contribution is 2.26. The molecule has 4 aromatic rings. The molecule has 1 heterocycles. The molecule has 2 nitrogen and oxygen atoms in total. The molecule has 0 aliphatic rings. The molecule has 0 aliphatic carbocycles. The molecule has 0 saturated heterocycles. The number of hydrogen-bond acceptors (Lipinski definition) is 1. The van der Waals surface area contributed by atoms with Crippen LogP contribution in [0.3, 0.4) is 0 Å². The zero-order valence-electron chi connectivity index (χ0n) is 13.1. The fraction of sp³-hybridized carbons (Fsp3) is 0.0952. The molecule has 0 bridgehead atoms. The highest BCUT2D eigenvalue weighted by Gasteiger charge is 2.10. The van der Waals surface area contributed by atoms with Gasteiger partial charge < -0.3 is 4.57 Å². The van der Waals surface area contributed by atoms with Crippen LogP contribution >= 0.6 is 0 Å². The highest BCUT2D eigenvalue weighted by atomic mass is 15.1. The first-order valence-electron chi connectivity index (χ1n) is 7.88. The fourth-order valence-corrected chi connectivity index (χ4v) is 3.12. The van der Waals surface area contributed by atoms with Gasteiger partial charge in [-0.05, 0) is 35.7 Å². The first-order chi connectivity index (χ1) is 11.3. The summed E-state index contributed by atoms with van der Waals surface area (Å²) in [6, 6.07) is 27.5. The van der Waals surface area contributed by atoms with E-state index in [0.29, 0.717) is 0 Å². The standard InChI is InChI=1S/C21H18N2/c1-16-22-20-13-7-8-14-21(20)23(16)15-18-11-5-6-12-19(18)17-9-3-2-4-10-17/h2-14H,15H2,1H3. The number of hydrogen-bond donors (Lipinski definition) is 0. The lowest BCUT2D eigenvalue weighted by atomic mass is 9.99. The minimum Gasteiger partial charge on any atom is -0.324 e. The van der Waals surface area contributed by atoms with E-state index in [2.05, 4.69) is 89.3 Å². The minimum atomic E-state index is 0.831. The molecule has 0 fully saturated rings. The maximum absolute atomic E-state index is 4.67. The number of para-hydroxylation sites is 2. The predicted molar refractivity (Wildman–Crippen MR) is 95.5 cm³/mol. The van der Waals surface area contributed by atoms with E-state index in [1.165, 1.54) is 22.2 Å². The average molecular weight is 298 g/mol. The Kier molecular flexibility index (Phi) is 3.43. The third-order valence-electron chi connectivity index (χ3n) is 4.28. The van der Waals surface area contributed by atoms with Gasteiger partial charge in [-0.15, -0.1) is 0 Å². The summed E-state index contributed by atoms with van der Waals surface area (Å²) in [7, 11) is 0. The molecule has 4 rings (SSSR count). The van der Waals surface area contributed by atoms with Gasteiger partial charge >= 0.3 is 0 Å². The Labute approximate surface area is 136 Å². The van der Waals surface area contributed by atoms with Crippen LogP contribution < -0.4 is 0 Å². The van der Waals surface area contributed by atoms with Crippen molar-refractivity contribution in [1.82, 2.24) is 9.55 Å². The van der Waals surface area contributed by atoms with E-state index in [4.69, 9.17) is 0 Å². The third kappa shape index (κ3) is 2.53. The Bertz CT molecular complexity index is 952. The van der Waals surface area contributed by atoms with Crippen LogP contribution in [0, 0.1) is 6.92 Å². The molecule has 2 heteroatoms. The van der Waals surface area contributed by atoms with Gasteiger partial charge in [-0.2, -0.15) is 0 Å². The average Bonchev–Trinajstić information content (AvgIpc) is 2.92. The van der Waals surface area contributed by atoms with Crippen LogP contribution in [0.2, 0.25) is 0 Å². The molecule has 0 unspecified atom stereocenters. The van der Waals surface area contributed by atoms with Crippen molar-refractivity contribution in [2.45, 2.75) is 13.5 Å². The summed E-state index contributed by atoms with van der Waals surface area (Å²) in [4.78, 5) is 4.67. The predicted octanol–water partition coefficient (Wildman–Crippen LogP) is 5.06. The molecule has 0 amide bonds. The number of imidazole rings is 1. The van der Waals surface area contributed by atoms with Crippen LogP contribution in [-0.2, 0) is 6.54 Å². The van der Waals surface area contributed by atoms with Gasteiger partial charge in [0.2, 0.25) is 0 Å². The van der Waals surface area contributed by atoms with Crippen molar-refractivity contribution in [2.24, 2.45) is 0 Å². The van der Waals surface area contributed by atoms with Crippen LogP contribution in [0.4, 0.5) is 0 Å². The Morgan fingerprint density at radius 2 is 1.48 bits per heavy atom. The van der Waals surface area contributed by atoms with E-state index < -0.39 is 0 Å². The Morgan fingerprint density at radius 3 is 2.35 bits per heavy atom. The molecular weight excluding hydrogens is 280 g/mol. The van der Waals surface area contributed by atoms with Crippen molar-refractivity contribution < 1.29 is 0 Å². The monoisotopic (exact) mass is 298 g/mol. The molecule has 1 aromatic heterocycles. The summed E-state index contributed by atoms with van der Waals surface area (Å²) >= 11 is 0. The van der Waals surface area contributed by atoms with E-state index in [0.717, 1.165) is 17.9 Å². The fourth-order valence-electron chi connectivity index (χ4n) is 3.12. The molecule has 23 heavy (non-hydrogen) atoms. The summed E-state index contributed by atoms with van der Waals surface area (Å²) < 4.78 is 2.29. The number of benzene rings is 3. The van der Waals surface area contributed by atoms with Crippen molar-refractivity contribution in [3.05, 3.63) is 90.3 Å². The maximum atomic E-state index is 4.67. The number of aromatic nitrogens is 2.